The minimum atomic E-state index is -1.10. The fraction of sp³-hybridized carbons (Fsp3) is 0.217. The van der Waals surface area contributed by atoms with E-state index in [1.54, 1.807) is 6.92 Å². The topological polar surface area (TPSA) is 77.8 Å². The zero-order valence-corrected chi connectivity index (χ0v) is 15.3. The van der Waals surface area contributed by atoms with Crippen molar-refractivity contribution in [1.82, 2.24) is 4.90 Å². The molecule has 0 aromatic heterocycles. The molecule has 1 fully saturated rings. The molecule has 5 nitrogen and oxygen atoms in total. The number of rotatable bonds is 3. The molecule has 5 heteroatoms. The van der Waals surface area contributed by atoms with E-state index in [9.17, 15) is 19.8 Å². The first-order valence-corrected chi connectivity index (χ1v) is 9.37. The van der Waals surface area contributed by atoms with Crippen LogP contribution in [0.15, 0.2) is 60.3 Å². The summed E-state index contributed by atoms with van der Waals surface area (Å²) in [5, 5.41) is 24.1. The highest BCUT2D eigenvalue weighted by Gasteiger charge is 2.56. The van der Waals surface area contributed by atoms with E-state index < -0.39 is 18.0 Å². The van der Waals surface area contributed by atoms with Crippen molar-refractivity contribution in [3.05, 3.63) is 65.9 Å². The number of aliphatic carboxylic acids is 1. The smallest absolute Gasteiger partial charge is 0.352 e. The maximum atomic E-state index is 12.4. The Bertz CT molecular complexity index is 1190. The lowest BCUT2D eigenvalue weighted by Gasteiger charge is -2.44. The summed E-state index contributed by atoms with van der Waals surface area (Å²) in [7, 11) is 0. The van der Waals surface area contributed by atoms with Gasteiger partial charge in [-0.15, -0.1) is 0 Å². The lowest BCUT2D eigenvalue weighted by molar-refractivity contribution is -0.161. The molecule has 28 heavy (non-hydrogen) atoms. The number of hydrogen-bond donors (Lipinski definition) is 2. The molecule has 5 rings (SSSR count). The predicted molar refractivity (Wildman–Crippen MR) is 106 cm³/mol. The van der Waals surface area contributed by atoms with Crippen molar-refractivity contribution in [3.8, 4) is 0 Å². The van der Waals surface area contributed by atoms with E-state index in [0.29, 0.717) is 12.0 Å². The van der Waals surface area contributed by atoms with Crippen molar-refractivity contribution in [2.75, 3.05) is 0 Å². The number of nitrogens with zero attached hydrogens (tertiary/aromatic N) is 1. The normalized spacial score (nSPS) is 22.5. The number of carboxylic acids is 1. The summed E-state index contributed by atoms with van der Waals surface area (Å²) in [6.45, 7) is 1.58. The van der Waals surface area contributed by atoms with Gasteiger partial charge in [-0.3, -0.25) is 4.79 Å². The molecule has 3 aromatic carbocycles. The Hall–Kier alpha value is -3.18. The van der Waals surface area contributed by atoms with Crippen molar-refractivity contribution in [3.63, 3.8) is 0 Å². The van der Waals surface area contributed by atoms with Crippen LogP contribution < -0.4 is 0 Å². The number of aliphatic hydroxyl groups excluding tert-OH is 1. The lowest BCUT2D eigenvalue weighted by atomic mass is 9.82. The third kappa shape index (κ3) is 2.23. The number of carboxylic acid groups (broad SMARTS) is 1. The van der Waals surface area contributed by atoms with Crippen molar-refractivity contribution in [1.29, 1.82) is 0 Å². The van der Waals surface area contributed by atoms with Gasteiger partial charge < -0.3 is 15.1 Å². The molecule has 0 aliphatic carbocycles. The second kappa shape index (κ2) is 5.91. The number of β-lactam (4-membered cyclic amide) rings is 1. The molecule has 0 bridgehead atoms. The van der Waals surface area contributed by atoms with Gasteiger partial charge in [0.05, 0.1) is 18.1 Å². The number of fused-ring (bicyclic) bond motifs is 4. The minimum absolute atomic E-state index is 0.0477. The van der Waals surface area contributed by atoms with Crippen LogP contribution in [-0.4, -0.2) is 39.1 Å². The Morgan fingerprint density at radius 1 is 1.07 bits per heavy atom. The van der Waals surface area contributed by atoms with Crippen LogP contribution in [0.2, 0.25) is 0 Å². The number of carbonyl (C=O) groups excluding carboxylic acids is 1. The first kappa shape index (κ1) is 17.0. The number of carbonyl (C=O) groups is 2. The molecule has 2 N–H and O–H groups in total. The summed E-state index contributed by atoms with van der Waals surface area (Å²) in [5.41, 5.74) is 1.52. The van der Waals surface area contributed by atoms with Gasteiger partial charge in [0, 0.05) is 0 Å². The van der Waals surface area contributed by atoms with Gasteiger partial charge in [-0.1, -0.05) is 48.5 Å². The second-order valence-electron chi connectivity index (χ2n) is 7.60. The molecular formula is C23H19NO4. The zero-order valence-electron chi connectivity index (χ0n) is 15.3. The second-order valence-corrected chi connectivity index (χ2v) is 7.60. The van der Waals surface area contributed by atoms with Gasteiger partial charge in [-0.25, -0.2) is 4.79 Å². The Morgan fingerprint density at radius 3 is 2.46 bits per heavy atom. The third-order valence-electron chi connectivity index (χ3n) is 6.03. The van der Waals surface area contributed by atoms with Gasteiger partial charge in [0.15, 0.2) is 0 Å². The first-order chi connectivity index (χ1) is 13.5. The Labute approximate surface area is 161 Å². The van der Waals surface area contributed by atoms with Gasteiger partial charge in [-0.05, 0) is 52.1 Å². The van der Waals surface area contributed by atoms with Crippen molar-refractivity contribution in [2.24, 2.45) is 5.92 Å². The van der Waals surface area contributed by atoms with Crippen LogP contribution >= 0.6 is 0 Å². The number of benzene rings is 3. The zero-order chi connectivity index (χ0) is 19.6. The predicted octanol–water partition coefficient (Wildman–Crippen LogP) is 3.40. The fourth-order valence-electron chi connectivity index (χ4n) is 4.72. The van der Waals surface area contributed by atoms with E-state index in [2.05, 4.69) is 24.3 Å². The number of amides is 1. The Balaban J connectivity index is 1.68. The van der Waals surface area contributed by atoms with E-state index in [-0.39, 0.29) is 17.6 Å². The van der Waals surface area contributed by atoms with E-state index in [1.807, 2.05) is 30.3 Å². The van der Waals surface area contributed by atoms with Gasteiger partial charge in [-0.2, -0.15) is 0 Å². The molecule has 0 unspecified atom stereocenters. The highest BCUT2D eigenvalue weighted by atomic mass is 16.4. The Morgan fingerprint density at radius 2 is 1.75 bits per heavy atom. The van der Waals surface area contributed by atoms with Gasteiger partial charge in [0.25, 0.3) is 0 Å². The summed E-state index contributed by atoms with van der Waals surface area (Å²) in [6.07, 6.45) is -0.345. The maximum absolute atomic E-state index is 12.4. The van der Waals surface area contributed by atoms with Crippen LogP contribution in [0.3, 0.4) is 0 Å². The molecule has 3 atom stereocenters. The van der Waals surface area contributed by atoms with Gasteiger partial charge in [0.2, 0.25) is 5.91 Å². The van der Waals surface area contributed by atoms with Crippen LogP contribution in [0.5, 0.6) is 0 Å². The molecule has 1 amide bonds. The molecule has 1 saturated heterocycles. The van der Waals surface area contributed by atoms with Crippen molar-refractivity contribution < 1.29 is 19.8 Å². The highest BCUT2D eigenvalue weighted by Crippen LogP contribution is 2.47. The number of aliphatic hydroxyl groups is 1. The van der Waals surface area contributed by atoms with Crippen molar-refractivity contribution in [2.45, 2.75) is 25.5 Å². The van der Waals surface area contributed by atoms with Crippen LogP contribution in [0, 0.1) is 5.92 Å². The molecule has 2 aliphatic rings. The first-order valence-electron chi connectivity index (χ1n) is 9.37. The monoisotopic (exact) mass is 373 g/mol. The summed E-state index contributed by atoms with van der Waals surface area (Å²) in [5.74, 6) is -1.94. The average Bonchev–Trinajstić information content (AvgIpc) is 3.02. The quantitative estimate of drug-likeness (QED) is 0.545. The van der Waals surface area contributed by atoms with Gasteiger partial charge >= 0.3 is 5.97 Å². The SMILES string of the molecule is C[C@@H](O)[C@H]1C(=O)N2C(C(=O)O)=C(c3ccc4ccc5ccccc5c4c3)C[C@H]12. The van der Waals surface area contributed by atoms with Crippen LogP contribution in [0.1, 0.15) is 18.9 Å². The standard InChI is InChI=1S/C23H19NO4/c1-12(25)20-19-11-18(21(23(27)28)24(19)22(20)26)15-9-8-14-7-6-13-4-2-3-5-16(13)17(14)10-15/h2-10,12,19-20,25H,11H2,1H3,(H,27,28)/t12-,19-,20-/m1/s1. The van der Waals surface area contributed by atoms with E-state index in [1.165, 1.54) is 4.90 Å². The summed E-state index contributed by atoms with van der Waals surface area (Å²) in [4.78, 5) is 25.7. The summed E-state index contributed by atoms with van der Waals surface area (Å²) >= 11 is 0. The molecule has 0 radical (unpaired) electrons. The molecule has 0 spiro atoms. The van der Waals surface area contributed by atoms with E-state index >= 15 is 0 Å². The van der Waals surface area contributed by atoms with E-state index in [0.717, 1.165) is 27.1 Å². The molecule has 0 saturated carbocycles. The molecule has 140 valence electrons. The van der Waals surface area contributed by atoms with Crippen LogP contribution in [-0.2, 0) is 9.59 Å². The minimum Gasteiger partial charge on any atom is -0.477 e. The van der Waals surface area contributed by atoms with Crippen LogP contribution in [0.25, 0.3) is 27.1 Å². The summed E-state index contributed by atoms with van der Waals surface area (Å²) < 4.78 is 0. The van der Waals surface area contributed by atoms with E-state index in [4.69, 9.17) is 0 Å². The average molecular weight is 373 g/mol. The molecular weight excluding hydrogens is 354 g/mol. The molecule has 2 heterocycles. The Kier molecular flexibility index (Phi) is 3.58. The lowest BCUT2D eigenvalue weighted by Crippen LogP contribution is -2.61. The largest absolute Gasteiger partial charge is 0.477 e. The van der Waals surface area contributed by atoms with Gasteiger partial charge in [0.1, 0.15) is 5.70 Å². The summed E-state index contributed by atoms with van der Waals surface area (Å²) in [6, 6.07) is 17.9. The van der Waals surface area contributed by atoms with Crippen molar-refractivity contribution >= 4 is 39.0 Å². The third-order valence-corrected chi connectivity index (χ3v) is 6.03. The van der Waals surface area contributed by atoms with Crippen LogP contribution in [0.4, 0.5) is 0 Å². The molecule has 2 aliphatic heterocycles. The maximum Gasteiger partial charge on any atom is 0.352 e. The molecule has 3 aromatic rings. The fourth-order valence-corrected chi connectivity index (χ4v) is 4.72. The number of hydrogen-bond acceptors (Lipinski definition) is 3. The highest BCUT2D eigenvalue weighted by molar-refractivity contribution is 6.10.